The summed E-state index contributed by atoms with van der Waals surface area (Å²) < 4.78 is 36.7. The fourth-order valence-corrected chi connectivity index (χ4v) is 4.95. The Labute approximate surface area is 200 Å². The van der Waals surface area contributed by atoms with E-state index in [0.29, 0.717) is 11.9 Å². The van der Waals surface area contributed by atoms with Gasteiger partial charge in [-0.2, -0.15) is 15.0 Å². The second-order valence-corrected chi connectivity index (χ2v) is 10.6. The van der Waals surface area contributed by atoms with Crippen LogP contribution in [0.25, 0.3) is 0 Å². The van der Waals surface area contributed by atoms with Gasteiger partial charge in [0.1, 0.15) is 31.0 Å². The van der Waals surface area contributed by atoms with Gasteiger partial charge in [0.05, 0.1) is 0 Å². The van der Waals surface area contributed by atoms with Crippen molar-refractivity contribution in [3.05, 3.63) is 0 Å². The molecule has 11 heteroatoms. The first-order valence-corrected chi connectivity index (χ1v) is 12.4. The van der Waals surface area contributed by atoms with Crippen molar-refractivity contribution in [1.29, 1.82) is 0 Å². The number of ether oxygens (including phenoxy) is 6. The lowest BCUT2D eigenvalue weighted by Crippen LogP contribution is -2.56. The van der Waals surface area contributed by atoms with E-state index in [2.05, 4.69) is 25.2 Å². The molecular weight excluding hydrogens is 442 g/mol. The van der Waals surface area contributed by atoms with E-state index in [1.54, 1.807) is 0 Å². The minimum Gasteiger partial charge on any atom is -0.460 e. The molecule has 4 fully saturated rings. The number of hydrogen-bond donors (Lipinski definition) is 1. The Morgan fingerprint density at radius 1 is 0.912 bits per heavy atom. The Morgan fingerprint density at radius 3 is 2.32 bits per heavy atom. The largest absolute Gasteiger partial charge is 0.460 e. The average Bonchev–Trinajstić information content (AvgIpc) is 3.26. The fourth-order valence-electron chi connectivity index (χ4n) is 4.95. The van der Waals surface area contributed by atoms with Crippen LogP contribution in [0.2, 0.25) is 0 Å². The summed E-state index contributed by atoms with van der Waals surface area (Å²) in [5.41, 5.74) is 0. The van der Waals surface area contributed by atoms with Crippen molar-refractivity contribution < 1.29 is 28.4 Å². The molecule has 4 aliphatic rings. The van der Waals surface area contributed by atoms with E-state index in [1.165, 1.54) is 6.42 Å². The summed E-state index contributed by atoms with van der Waals surface area (Å²) in [5.74, 6) is -0.392. The van der Waals surface area contributed by atoms with Crippen LogP contribution in [0.1, 0.15) is 60.8 Å². The van der Waals surface area contributed by atoms with Gasteiger partial charge in [-0.05, 0) is 60.8 Å². The van der Waals surface area contributed by atoms with Gasteiger partial charge in [0.25, 0.3) is 0 Å². The highest BCUT2D eigenvalue weighted by Gasteiger charge is 2.60. The molecule has 34 heavy (non-hydrogen) atoms. The van der Waals surface area contributed by atoms with Crippen LogP contribution in [-0.4, -0.2) is 83.0 Å². The maximum atomic E-state index is 6.24. The van der Waals surface area contributed by atoms with Gasteiger partial charge < -0.3 is 38.6 Å². The van der Waals surface area contributed by atoms with Crippen molar-refractivity contribution in [2.75, 3.05) is 29.9 Å². The molecule has 5 heterocycles. The fraction of sp³-hybridized carbons (Fsp3) is 0.870. The van der Waals surface area contributed by atoms with Crippen LogP contribution in [0.4, 0.5) is 11.9 Å². The average molecular weight is 480 g/mol. The summed E-state index contributed by atoms with van der Waals surface area (Å²) in [6.45, 7) is 13.6. The first-order valence-electron chi connectivity index (χ1n) is 12.4. The van der Waals surface area contributed by atoms with Gasteiger partial charge in [0.2, 0.25) is 11.9 Å². The molecule has 5 rings (SSSR count). The van der Waals surface area contributed by atoms with Gasteiger partial charge in [-0.1, -0.05) is 0 Å². The summed E-state index contributed by atoms with van der Waals surface area (Å²) in [6.07, 6.45) is 1.40. The quantitative estimate of drug-likeness (QED) is 0.650. The second-order valence-electron chi connectivity index (χ2n) is 10.6. The van der Waals surface area contributed by atoms with E-state index in [0.717, 1.165) is 25.9 Å². The normalized spacial score (nSPS) is 34.1. The summed E-state index contributed by atoms with van der Waals surface area (Å²) >= 11 is 0. The zero-order chi connectivity index (χ0) is 24.1. The Kier molecular flexibility index (Phi) is 6.34. The van der Waals surface area contributed by atoms with Crippen molar-refractivity contribution in [2.24, 2.45) is 0 Å². The number of nitrogens with one attached hydrogen (secondary N) is 1. The van der Waals surface area contributed by atoms with E-state index in [9.17, 15) is 0 Å². The van der Waals surface area contributed by atoms with Crippen LogP contribution < -0.4 is 15.0 Å². The number of fused-ring (bicyclic) bond motifs is 3. The van der Waals surface area contributed by atoms with Gasteiger partial charge in [-0.3, -0.25) is 0 Å². The number of aromatic nitrogens is 3. The predicted octanol–water partition coefficient (Wildman–Crippen LogP) is 2.46. The zero-order valence-corrected chi connectivity index (χ0v) is 20.9. The monoisotopic (exact) mass is 479 g/mol. The van der Waals surface area contributed by atoms with Gasteiger partial charge in [0, 0.05) is 19.1 Å². The standard InChI is InChI=1S/C23H37N5O6/c1-13(2)24-19-25-20(28-10-8-7-9-11-28)27-21(26-19)29-12-14-15-16(32-22(3,4)31-15)17-18(30-14)34-23(5,6)33-17/h13-18H,7-12H2,1-6H3,(H,24,25,26,27)/t14-,15+,16+,17-,18-/m1/s1. The molecule has 11 nitrogen and oxygen atoms in total. The molecule has 4 aliphatic heterocycles. The highest BCUT2D eigenvalue weighted by Crippen LogP contribution is 2.44. The van der Waals surface area contributed by atoms with Crippen molar-refractivity contribution in [3.63, 3.8) is 0 Å². The molecule has 0 saturated carbocycles. The minimum absolute atomic E-state index is 0.179. The Morgan fingerprint density at radius 2 is 1.59 bits per heavy atom. The lowest BCUT2D eigenvalue weighted by atomic mass is 9.99. The molecule has 190 valence electrons. The lowest BCUT2D eigenvalue weighted by Gasteiger charge is -2.36. The molecule has 0 amide bonds. The second kappa shape index (κ2) is 9.02. The number of rotatable bonds is 6. The Bertz CT molecular complexity index is 877. The Balaban J connectivity index is 1.34. The van der Waals surface area contributed by atoms with Gasteiger partial charge in [0.15, 0.2) is 17.9 Å². The summed E-state index contributed by atoms with van der Waals surface area (Å²) in [7, 11) is 0. The van der Waals surface area contributed by atoms with Crippen LogP contribution >= 0.6 is 0 Å². The van der Waals surface area contributed by atoms with Gasteiger partial charge >= 0.3 is 6.01 Å². The minimum atomic E-state index is -0.763. The molecular formula is C23H37N5O6. The molecule has 4 saturated heterocycles. The maximum Gasteiger partial charge on any atom is 0.323 e. The number of anilines is 2. The topological polar surface area (TPSA) is 109 Å². The van der Waals surface area contributed by atoms with Crippen molar-refractivity contribution in [3.8, 4) is 6.01 Å². The third-order valence-corrected chi connectivity index (χ3v) is 6.29. The third kappa shape index (κ3) is 5.08. The van der Waals surface area contributed by atoms with E-state index in [1.807, 2.05) is 41.5 Å². The molecule has 0 unspecified atom stereocenters. The molecule has 1 aromatic rings. The van der Waals surface area contributed by atoms with Crippen LogP contribution in [0.3, 0.4) is 0 Å². The van der Waals surface area contributed by atoms with Crippen molar-refractivity contribution in [1.82, 2.24) is 15.0 Å². The molecule has 0 aromatic carbocycles. The van der Waals surface area contributed by atoms with Crippen molar-refractivity contribution >= 4 is 11.9 Å². The molecule has 5 atom stereocenters. The molecule has 1 N–H and O–H groups in total. The summed E-state index contributed by atoms with van der Waals surface area (Å²) in [4.78, 5) is 15.9. The lowest BCUT2D eigenvalue weighted by molar-refractivity contribution is -0.238. The van der Waals surface area contributed by atoms with Gasteiger partial charge in [-0.25, -0.2) is 0 Å². The molecule has 0 radical (unpaired) electrons. The van der Waals surface area contributed by atoms with Crippen LogP contribution in [-0.2, 0) is 23.7 Å². The van der Waals surface area contributed by atoms with E-state index >= 15 is 0 Å². The smallest absolute Gasteiger partial charge is 0.323 e. The van der Waals surface area contributed by atoms with Crippen LogP contribution in [0.15, 0.2) is 0 Å². The first-order chi connectivity index (χ1) is 16.1. The van der Waals surface area contributed by atoms with E-state index in [-0.39, 0.29) is 37.0 Å². The number of hydrogen-bond acceptors (Lipinski definition) is 11. The highest BCUT2D eigenvalue weighted by molar-refractivity contribution is 5.39. The number of piperidine rings is 1. The summed E-state index contributed by atoms with van der Waals surface area (Å²) in [6, 6.07) is 0.432. The van der Waals surface area contributed by atoms with Crippen LogP contribution in [0.5, 0.6) is 6.01 Å². The SMILES string of the molecule is CC(C)Nc1nc(OC[C@H]2O[C@@H]3OC(C)(C)O[C@@H]3[C@H]3OC(C)(C)O[C@H]32)nc(N2CCCCC2)n1. The van der Waals surface area contributed by atoms with Crippen LogP contribution in [0, 0.1) is 0 Å². The maximum absolute atomic E-state index is 6.24. The number of nitrogens with zero attached hydrogens (tertiary/aromatic N) is 4. The molecule has 0 spiro atoms. The zero-order valence-electron chi connectivity index (χ0n) is 20.9. The van der Waals surface area contributed by atoms with E-state index < -0.39 is 24.0 Å². The van der Waals surface area contributed by atoms with E-state index in [4.69, 9.17) is 28.4 Å². The van der Waals surface area contributed by atoms with Gasteiger partial charge in [-0.15, -0.1) is 0 Å². The molecule has 1 aromatic heterocycles. The molecule has 0 bridgehead atoms. The van der Waals surface area contributed by atoms with Crippen molar-refractivity contribution in [2.45, 2.75) is 109 Å². The third-order valence-electron chi connectivity index (χ3n) is 6.29. The molecule has 0 aliphatic carbocycles. The highest BCUT2D eigenvalue weighted by atomic mass is 16.9. The summed E-state index contributed by atoms with van der Waals surface area (Å²) in [5, 5.41) is 3.27. The first kappa shape index (κ1) is 23.9. The predicted molar refractivity (Wildman–Crippen MR) is 123 cm³/mol. The Hall–Kier alpha value is -1.79.